The van der Waals surface area contributed by atoms with Crippen molar-refractivity contribution in [3.8, 4) is 0 Å². The normalized spacial score (nSPS) is 30.9. The first-order chi connectivity index (χ1) is 7.10. The maximum absolute atomic E-state index is 5.38. The second-order valence-electron chi connectivity index (χ2n) is 3.71. The van der Waals surface area contributed by atoms with Crippen LogP contribution in [0, 0.1) is 0 Å². The van der Waals surface area contributed by atoms with Crippen LogP contribution >= 0.6 is 0 Å². The van der Waals surface area contributed by atoms with Crippen molar-refractivity contribution >= 4 is 0 Å². The molecule has 1 aliphatic heterocycles. The quantitative estimate of drug-likeness (QED) is 0.757. The largest absolute Gasteiger partial charge is 0.496 e. The van der Waals surface area contributed by atoms with Gasteiger partial charge < -0.3 is 14.8 Å². The molecule has 0 fully saturated rings. The summed E-state index contributed by atoms with van der Waals surface area (Å²) in [6.07, 6.45) is 2.06. The molecule has 15 heavy (non-hydrogen) atoms. The van der Waals surface area contributed by atoms with Crippen LogP contribution in [0.2, 0.25) is 0 Å². The first-order valence-corrected chi connectivity index (χ1v) is 5.01. The van der Waals surface area contributed by atoms with E-state index in [0.29, 0.717) is 0 Å². The smallest absolute Gasteiger partial charge is 0.189 e. The number of hydrogen-bond donors (Lipinski definition) is 1. The molecule has 0 amide bonds. The lowest BCUT2D eigenvalue weighted by Crippen LogP contribution is -2.21. The Morgan fingerprint density at radius 1 is 1.13 bits per heavy atom. The van der Waals surface area contributed by atoms with Gasteiger partial charge in [0.15, 0.2) is 5.88 Å². The number of hydrogen-bond acceptors (Lipinski definition) is 3. The molecule has 0 bridgehead atoms. The fourth-order valence-corrected chi connectivity index (χ4v) is 1.79. The van der Waals surface area contributed by atoms with Crippen molar-refractivity contribution in [2.24, 2.45) is 0 Å². The van der Waals surface area contributed by atoms with Crippen LogP contribution in [-0.2, 0) is 9.47 Å². The van der Waals surface area contributed by atoms with Gasteiger partial charge in [0, 0.05) is 12.1 Å². The van der Waals surface area contributed by atoms with E-state index in [1.807, 2.05) is 13.8 Å². The molecule has 1 heterocycles. The van der Waals surface area contributed by atoms with Crippen LogP contribution < -0.4 is 5.32 Å². The number of rotatable bonds is 2. The zero-order valence-electron chi connectivity index (χ0n) is 10.1. The van der Waals surface area contributed by atoms with Gasteiger partial charge in [-0.25, -0.2) is 0 Å². The lowest BCUT2D eigenvalue weighted by molar-refractivity contribution is 0.257. The van der Waals surface area contributed by atoms with Crippen LogP contribution in [0.5, 0.6) is 0 Å². The molecule has 0 aromatic rings. The monoisotopic (exact) mass is 209 g/mol. The van der Waals surface area contributed by atoms with E-state index in [0.717, 1.165) is 29.3 Å². The molecular formula is C12H19NO2. The summed E-state index contributed by atoms with van der Waals surface area (Å²) in [6, 6.07) is 0. The highest BCUT2D eigenvalue weighted by atomic mass is 16.5. The molecule has 3 heteroatoms. The maximum Gasteiger partial charge on any atom is 0.189 e. The zero-order chi connectivity index (χ0) is 11.4. The molecule has 0 spiro atoms. The second-order valence-corrected chi connectivity index (χ2v) is 3.71. The number of allylic oxidation sites excluding steroid dienone is 3. The van der Waals surface area contributed by atoms with Gasteiger partial charge in [0.2, 0.25) is 0 Å². The molecule has 0 aliphatic carbocycles. The van der Waals surface area contributed by atoms with Crippen LogP contribution in [0.25, 0.3) is 0 Å². The van der Waals surface area contributed by atoms with Crippen LogP contribution in [0.4, 0.5) is 0 Å². The maximum atomic E-state index is 5.38. The summed E-state index contributed by atoms with van der Waals surface area (Å²) in [5.41, 5.74) is 3.38. The van der Waals surface area contributed by atoms with Crippen LogP contribution in [0.3, 0.4) is 0 Å². The molecule has 3 nitrogen and oxygen atoms in total. The number of nitrogens with one attached hydrogen (secondary N) is 1. The van der Waals surface area contributed by atoms with Crippen molar-refractivity contribution in [1.82, 2.24) is 5.32 Å². The minimum Gasteiger partial charge on any atom is -0.496 e. The van der Waals surface area contributed by atoms with Crippen molar-refractivity contribution in [3.05, 3.63) is 34.4 Å². The highest BCUT2D eigenvalue weighted by molar-refractivity contribution is 5.37. The van der Waals surface area contributed by atoms with E-state index in [-0.39, 0.29) is 0 Å². The Balaban J connectivity index is 3.13. The van der Waals surface area contributed by atoms with Gasteiger partial charge in [-0.2, -0.15) is 0 Å². The van der Waals surface area contributed by atoms with Crippen molar-refractivity contribution in [1.29, 1.82) is 0 Å². The molecule has 0 aromatic carbocycles. The molecule has 0 saturated carbocycles. The third-order valence-electron chi connectivity index (χ3n) is 2.46. The summed E-state index contributed by atoms with van der Waals surface area (Å²) in [5.74, 6) is 1.78. The summed E-state index contributed by atoms with van der Waals surface area (Å²) in [6.45, 7) is 6.86. The van der Waals surface area contributed by atoms with Crippen molar-refractivity contribution in [2.45, 2.75) is 20.8 Å². The van der Waals surface area contributed by atoms with Crippen molar-refractivity contribution in [3.63, 3.8) is 0 Å². The molecular weight excluding hydrogens is 190 g/mol. The summed E-state index contributed by atoms with van der Waals surface area (Å²) < 4.78 is 10.6. The Labute approximate surface area is 91.5 Å². The average Bonchev–Trinajstić information content (AvgIpc) is 2.18. The minimum atomic E-state index is 0.745. The third kappa shape index (κ3) is 2.55. The minimum absolute atomic E-state index is 0.745. The van der Waals surface area contributed by atoms with E-state index in [9.17, 15) is 0 Å². The molecule has 0 saturated heterocycles. The second kappa shape index (κ2) is 4.91. The van der Waals surface area contributed by atoms with Gasteiger partial charge >= 0.3 is 0 Å². The molecule has 1 rings (SSSR count). The highest BCUT2D eigenvalue weighted by Crippen LogP contribution is 2.20. The van der Waals surface area contributed by atoms with Crippen LogP contribution in [-0.4, -0.2) is 20.8 Å². The average molecular weight is 209 g/mol. The lowest BCUT2D eigenvalue weighted by Gasteiger charge is -2.18. The van der Waals surface area contributed by atoms with Crippen LogP contribution in [0.15, 0.2) is 34.4 Å². The Morgan fingerprint density at radius 2 is 1.80 bits per heavy atom. The molecule has 1 aliphatic rings. The van der Waals surface area contributed by atoms with E-state index >= 15 is 0 Å². The Morgan fingerprint density at radius 3 is 2.33 bits per heavy atom. The van der Waals surface area contributed by atoms with E-state index < -0.39 is 0 Å². The SMILES string of the molecule is COC1=C(/C)CN\C(OC)=C(C)/C=C\1C. The Hall–Kier alpha value is -1.38. The Bertz CT molecular complexity index is 338. The van der Waals surface area contributed by atoms with Gasteiger partial charge in [-0.3, -0.25) is 0 Å². The van der Waals surface area contributed by atoms with Crippen molar-refractivity contribution in [2.75, 3.05) is 20.8 Å². The number of ether oxygens (including phenoxy) is 2. The molecule has 0 radical (unpaired) electrons. The predicted octanol–water partition coefficient (Wildman–Crippen LogP) is 2.33. The first-order valence-electron chi connectivity index (χ1n) is 5.01. The fourth-order valence-electron chi connectivity index (χ4n) is 1.79. The van der Waals surface area contributed by atoms with E-state index in [4.69, 9.17) is 9.47 Å². The van der Waals surface area contributed by atoms with E-state index in [1.54, 1.807) is 14.2 Å². The molecule has 84 valence electrons. The van der Waals surface area contributed by atoms with E-state index in [1.165, 1.54) is 5.57 Å². The molecule has 1 N–H and O–H groups in total. The van der Waals surface area contributed by atoms with E-state index in [2.05, 4.69) is 18.3 Å². The predicted molar refractivity (Wildman–Crippen MR) is 61.2 cm³/mol. The van der Waals surface area contributed by atoms with Gasteiger partial charge in [-0.1, -0.05) is 0 Å². The lowest BCUT2D eigenvalue weighted by atomic mass is 10.1. The summed E-state index contributed by atoms with van der Waals surface area (Å²) in [7, 11) is 3.38. The van der Waals surface area contributed by atoms with Gasteiger partial charge in [-0.05, 0) is 38.0 Å². The zero-order valence-corrected chi connectivity index (χ0v) is 10.1. The molecule has 0 unspecified atom stereocenters. The summed E-state index contributed by atoms with van der Waals surface area (Å²) in [4.78, 5) is 0. The van der Waals surface area contributed by atoms with Gasteiger partial charge in [0.05, 0.1) is 14.2 Å². The standard InChI is InChI=1S/C12H19NO2/c1-8-6-9(2)12(15-5)13-7-10(3)11(8)14-4/h6,13H,7H2,1-5H3/b8-6-,11-10-,12-9+. The van der Waals surface area contributed by atoms with Gasteiger partial charge in [0.25, 0.3) is 0 Å². The Kier molecular flexibility index (Phi) is 3.83. The molecule has 0 atom stereocenters. The summed E-state index contributed by atoms with van der Waals surface area (Å²) in [5, 5.41) is 3.23. The summed E-state index contributed by atoms with van der Waals surface area (Å²) >= 11 is 0. The number of methoxy groups -OCH3 is 2. The van der Waals surface area contributed by atoms with Crippen LogP contribution in [0.1, 0.15) is 20.8 Å². The third-order valence-corrected chi connectivity index (χ3v) is 2.46. The fraction of sp³-hybridized carbons (Fsp3) is 0.500. The van der Waals surface area contributed by atoms with Crippen molar-refractivity contribution < 1.29 is 9.47 Å². The van der Waals surface area contributed by atoms with Gasteiger partial charge in [0.1, 0.15) is 5.76 Å². The first kappa shape index (κ1) is 11.7. The topological polar surface area (TPSA) is 30.5 Å². The van der Waals surface area contributed by atoms with Gasteiger partial charge in [-0.15, -0.1) is 0 Å². The highest BCUT2D eigenvalue weighted by Gasteiger charge is 2.11. The molecule has 0 aromatic heterocycles.